The molecule has 2 aromatic heterocycles. The Kier molecular flexibility index (Phi) is 9.33. The van der Waals surface area contributed by atoms with Crippen LogP contribution in [0.2, 0.25) is 4.34 Å². The van der Waals surface area contributed by atoms with E-state index in [1.54, 1.807) is 31.6 Å². The summed E-state index contributed by atoms with van der Waals surface area (Å²) in [6.45, 7) is 3.80. The van der Waals surface area contributed by atoms with Gasteiger partial charge in [-0.25, -0.2) is 23.1 Å². The van der Waals surface area contributed by atoms with Crippen LogP contribution in [0.15, 0.2) is 39.8 Å². The molecule has 0 saturated carbocycles. The minimum Gasteiger partial charge on any atom is -0.355 e. The van der Waals surface area contributed by atoms with Crippen LogP contribution in [0.25, 0.3) is 0 Å². The van der Waals surface area contributed by atoms with E-state index >= 15 is 0 Å². The van der Waals surface area contributed by atoms with Gasteiger partial charge in [0.1, 0.15) is 4.21 Å². The number of sulfonamides is 1. The molecular formula is C16H23ClIN7O2S2. The molecule has 1 saturated heterocycles. The summed E-state index contributed by atoms with van der Waals surface area (Å²) < 4.78 is 27.6. The Morgan fingerprint density at radius 2 is 1.90 bits per heavy atom. The van der Waals surface area contributed by atoms with E-state index in [4.69, 9.17) is 11.6 Å². The third-order valence-corrected chi connectivity index (χ3v) is 7.32. The molecule has 0 bridgehead atoms. The van der Waals surface area contributed by atoms with Gasteiger partial charge in [0.25, 0.3) is 0 Å². The van der Waals surface area contributed by atoms with Crippen LogP contribution in [0.1, 0.15) is 0 Å². The maximum atomic E-state index is 12.2. The first-order valence-corrected chi connectivity index (χ1v) is 11.4. The van der Waals surface area contributed by atoms with Gasteiger partial charge < -0.3 is 15.1 Å². The van der Waals surface area contributed by atoms with Crippen molar-refractivity contribution in [1.82, 2.24) is 24.9 Å². The first-order chi connectivity index (χ1) is 13.5. The lowest BCUT2D eigenvalue weighted by Crippen LogP contribution is -2.53. The van der Waals surface area contributed by atoms with Gasteiger partial charge in [-0.3, -0.25) is 4.99 Å². The zero-order chi connectivity index (χ0) is 20.0. The first-order valence-electron chi connectivity index (χ1n) is 8.72. The first kappa shape index (κ1) is 24.1. The van der Waals surface area contributed by atoms with E-state index in [1.165, 1.54) is 6.07 Å². The van der Waals surface area contributed by atoms with E-state index in [0.29, 0.717) is 10.9 Å². The predicted molar refractivity (Wildman–Crippen MR) is 127 cm³/mol. The van der Waals surface area contributed by atoms with Crippen molar-refractivity contribution >= 4 is 68.8 Å². The Balaban J connectivity index is 0.00000300. The number of thiophene rings is 1. The number of hydrogen-bond donors (Lipinski definition) is 2. The van der Waals surface area contributed by atoms with Gasteiger partial charge in [-0.15, -0.1) is 35.3 Å². The van der Waals surface area contributed by atoms with Crippen molar-refractivity contribution in [3.63, 3.8) is 0 Å². The van der Waals surface area contributed by atoms with E-state index in [-0.39, 0.29) is 34.7 Å². The largest absolute Gasteiger partial charge is 0.355 e. The highest BCUT2D eigenvalue weighted by Crippen LogP contribution is 2.25. The molecule has 0 unspecified atom stereocenters. The fourth-order valence-electron chi connectivity index (χ4n) is 2.78. The molecule has 2 aromatic rings. The summed E-state index contributed by atoms with van der Waals surface area (Å²) in [6, 6.07) is 4.87. The zero-order valence-electron chi connectivity index (χ0n) is 15.8. The lowest BCUT2D eigenvalue weighted by molar-refractivity contribution is 0.370. The minimum absolute atomic E-state index is 0. The standard InChI is InChI=1S/C16H22ClN7O2S2.HI/c1-18-15(21-7-8-22-28(25,26)14-4-3-13(17)27-14)23-9-11-24(12-10-23)16-19-5-2-6-20-16;/h2-6,22H,7-12H2,1H3,(H,18,21);1H. The smallest absolute Gasteiger partial charge is 0.250 e. The second-order valence-electron chi connectivity index (χ2n) is 5.95. The Morgan fingerprint density at radius 1 is 1.21 bits per heavy atom. The van der Waals surface area contributed by atoms with E-state index in [0.717, 1.165) is 49.4 Å². The molecule has 0 aromatic carbocycles. The summed E-state index contributed by atoms with van der Waals surface area (Å²) in [4.78, 5) is 17.1. The van der Waals surface area contributed by atoms with E-state index in [1.807, 2.05) is 0 Å². The van der Waals surface area contributed by atoms with Gasteiger partial charge in [0.15, 0.2) is 5.96 Å². The number of nitrogens with one attached hydrogen (secondary N) is 2. The average molecular weight is 572 g/mol. The van der Waals surface area contributed by atoms with Gasteiger partial charge in [0.05, 0.1) is 4.34 Å². The molecule has 3 heterocycles. The maximum absolute atomic E-state index is 12.2. The number of hydrogen-bond acceptors (Lipinski definition) is 7. The molecule has 1 aliphatic heterocycles. The number of piperazine rings is 1. The fourth-order valence-corrected chi connectivity index (χ4v) is 5.34. The number of aliphatic imine (C=N–C) groups is 1. The summed E-state index contributed by atoms with van der Waals surface area (Å²) in [5.74, 6) is 1.47. The van der Waals surface area contributed by atoms with Gasteiger partial charge in [-0.1, -0.05) is 11.6 Å². The van der Waals surface area contributed by atoms with Gasteiger partial charge in [-0.2, -0.15) is 0 Å². The van der Waals surface area contributed by atoms with Crippen molar-refractivity contribution in [1.29, 1.82) is 0 Å². The quantitative estimate of drug-likeness (QED) is 0.234. The van der Waals surface area contributed by atoms with Crippen molar-refractivity contribution in [2.24, 2.45) is 4.99 Å². The van der Waals surface area contributed by atoms with Gasteiger partial charge >= 0.3 is 0 Å². The Hall–Kier alpha value is -1.22. The van der Waals surface area contributed by atoms with Crippen molar-refractivity contribution in [2.75, 3.05) is 51.2 Å². The molecular weight excluding hydrogens is 549 g/mol. The molecule has 0 spiro atoms. The highest BCUT2D eigenvalue weighted by Gasteiger charge is 2.21. The van der Waals surface area contributed by atoms with Crippen LogP contribution >= 0.6 is 46.9 Å². The van der Waals surface area contributed by atoms with Crippen LogP contribution in [-0.4, -0.2) is 75.6 Å². The van der Waals surface area contributed by atoms with Crippen molar-refractivity contribution in [3.05, 3.63) is 34.9 Å². The molecule has 0 radical (unpaired) electrons. The van der Waals surface area contributed by atoms with Gasteiger partial charge in [0, 0.05) is 58.7 Å². The van der Waals surface area contributed by atoms with Crippen LogP contribution in [0, 0.1) is 0 Å². The third-order valence-electron chi connectivity index (χ3n) is 4.14. The third kappa shape index (κ3) is 6.64. The number of halogens is 2. The minimum atomic E-state index is -3.54. The Bertz CT molecular complexity index is 903. The van der Waals surface area contributed by atoms with Crippen molar-refractivity contribution < 1.29 is 8.42 Å². The molecule has 3 rings (SSSR count). The number of nitrogens with zero attached hydrogens (tertiary/aromatic N) is 5. The summed E-state index contributed by atoms with van der Waals surface area (Å²) in [5.41, 5.74) is 0. The van der Waals surface area contributed by atoms with Crippen LogP contribution < -0.4 is 14.9 Å². The van der Waals surface area contributed by atoms with Crippen molar-refractivity contribution in [2.45, 2.75) is 4.21 Å². The molecule has 29 heavy (non-hydrogen) atoms. The molecule has 160 valence electrons. The average Bonchev–Trinajstić information content (AvgIpc) is 3.16. The van der Waals surface area contributed by atoms with Crippen LogP contribution in [0.4, 0.5) is 5.95 Å². The van der Waals surface area contributed by atoms with Crippen LogP contribution in [0.3, 0.4) is 0 Å². The number of anilines is 1. The molecule has 13 heteroatoms. The van der Waals surface area contributed by atoms with Crippen LogP contribution in [0.5, 0.6) is 0 Å². The monoisotopic (exact) mass is 571 g/mol. The maximum Gasteiger partial charge on any atom is 0.250 e. The zero-order valence-corrected chi connectivity index (χ0v) is 20.5. The summed E-state index contributed by atoms with van der Waals surface area (Å²) in [5, 5.41) is 3.20. The predicted octanol–water partition coefficient (Wildman–Crippen LogP) is 1.49. The second kappa shape index (κ2) is 11.2. The second-order valence-corrected chi connectivity index (χ2v) is 9.66. The molecule has 0 atom stereocenters. The van der Waals surface area contributed by atoms with E-state index < -0.39 is 10.0 Å². The molecule has 0 aliphatic carbocycles. The summed E-state index contributed by atoms with van der Waals surface area (Å²) in [6.07, 6.45) is 3.47. The molecule has 2 N–H and O–H groups in total. The molecule has 0 amide bonds. The van der Waals surface area contributed by atoms with Crippen molar-refractivity contribution in [3.8, 4) is 0 Å². The number of guanidine groups is 1. The van der Waals surface area contributed by atoms with Crippen LogP contribution in [-0.2, 0) is 10.0 Å². The lowest BCUT2D eigenvalue weighted by Gasteiger charge is -2.36. The van der Waals surface area contributed by atoms with E-state index in [2.05, 4.69) is 34.8 Å². The van der Waals surface area contributed by atoms with Gasteiger partial charge in [-0.05, 0) is 18.2 Å². The highest BCUT2D eigenvalue weighted by atomic mass is 127. The number of rotatable bonds is 6. The Morgan fingerprint density at radius 3 is 2.48 bits per heavy atom. The molecule has 1 fully saturated rings. The van der Waals surface area contributed by atoms with E-state index in [9.17, 15) is 8.42 Å². The van der Waals surface area contributed by atoms with Gasteiger partial charge in [0.2, 0.25) is 16.0 Å². The summed E-state index contributed by atoms with van der Waals surface area (Å²) in [7, 11) is -1.82. The number of aromatic nitrogens is 2. The SMILES string of the molecule is CN=C(NCCNS(=O)(=O)c1ccc(Cl)s1)N1CCN(c2ncccn2)CC1.I. The lowest BCUT2D eigenvalue weighted by atomic mass is 10.3. The summed E-state index contributed by atoms with van der Waals surface area (Å²) >= 11 is 6.84. The molecule has 1 aliphatic rings. The normalized spacial score (nSPS) is 15.2. The molecule has 9 nitrogen and oxygen atoms in total. The fraction of sp³-hybridized carbons (Fsp3) is 0.438. The topological polar surface area (TPSA) is 103 Å². The highest BCUT2D eigenvalue weighted by molar-refractivity contribution is 14.0. The Labute approximate surface area is 196 Å².